The number of fused-ring (bicyclic) bond motifs is 1. The number of aromatic nitrogens is 1. The SMILES string of the molecule is CCOC(=O)c1c(-n2c(C)cc(/C=C(\C#N)C(=O)NC[C@H]3CCCO3)c2C)sc2c1CCCC2. The van der Waals surface area contributed by atoms with Crippen LogP contribution in [0.1, 0.15) is 70.4 Å². The summed E-state index contributed by atoms with van der Waals surface area (Å²) in [6.45, 7) is 7.19. The fraction of sp³-hybridized carbons (Fsp3) is 0.500. The molecule has 1 saturated heterocycles. The van der Waals surface area contributed by atoms with Crippen LogP contribution >= 0.6 is 11.3 Å². The molecular formula is C26H31N3O4S. The standard InChI is InChI=1S/C26H31N3O4S/c1-4-32-26(31)23-21-9-5-6-10-22(21)34-25(23)29-16(2)12-18(17(29)3)13-19(14-27)24(30)28-15-20-8-7-11-33-20/h12-13,20H,4-11,15H2,1-3H3,(H,28,30)/b19-13+/t20-/m1/s1. The van der Waals surface area contributed by atoms with Gasteiger partial charge in [-0.3, -0.25) is 4.79 Å². The molecule has 34 heavy (non-hydrogen) atoms. The Balaban J connectivity index is 1.67. The third-order valence-electron chi connectivity index (χ3n) is 6.48. The Morgan fingerprint density at radius 2 is 2.12 bits per heavy atom. The summed E-state index contributed by atoms with van der Waals surface area (Å²) in [6.07, 6.45) is 7.60. The first kappa shape index (κ1) is 24.2. The van der Waals surface area contributed by atoms with E-state index in [1.807, 2.05) is 32.9 Å². The molecule has 180 valence electrons. The molecule has 1 fully saturated rings. The van der Waals surface area contributed by atoms with Gasteiger partial charge in [0.15, 0.2) is 0 Å². The smallest absolute Gasteiger partial charge is 0.341 e. The van der Waals surface area contributed by atoms with Gasteiger partial charge in [0, 0.05) is 29.4 Å². The molecule has 8 heteroatoms. The first-order valence-corrected chi connectivity index (χ1v) is 12.8. The predicted molar refractivity (Wildman–Crippen MR) is 131 cm³/mol. The normalized spacial score (nSPS) is 17.8. The number of amides is 1. The predicted octanol–water partition coefficient (Wildman–Crippen LogP) is 4.41. The summed E-state index contributed by atoms with van der Waals surface area (Å²) in [5, 5.41) is 13.3. The zero-order valence-corrected chi connectivity index (χ0v) is 20.8. The number of aryl methyl sites for hydroxylation is 2. The third kappa shape index (κ3) is 4.82. The van der Waals surface area contributed by atoms with Crippen molar-refractivity contribution in [2.75, 3.05) is 19.8 Å². The first-order valence-electron chi connectivity index (χ1n) is 12.0. The Labute approximate surface area is 204 Å². The number of hydrogen-bond acceptors (Lipinski definition) is 6. The Morgan fingerprint density at radius 3 is 2.82 bits per heavy atom. The summed E-state index contributed by atoms with van der Waals surface area (Å²) < 4.78 is 13.0. The lowest BCUT2D eigenvalue weighted by Crippen LogP contribution is -2.32. The van der Waals surface area contributed by atoms with Crippen LogP contribution in [0.15, 0.2) is 11.6 Å². The van der Waals surface area contributed by atoms with Crippen molar-refractivity contribution in [1.82, 2.24) is 9.88 Å². The summed E-state index contributed by atoms with van der Waals surface area (Å²) in [6, 6.07) is 3.99. The van der Waals surface area contributed by atoms with E-state index in [0.717, 1.165) is 66.0 Å². The molecule has 1 aliphatic heterocycles. The van der Waals surface area contributed by atoms with Crippen LogP contribution in [0.3, 0.4) is 0 Å². The fourth-order valence-electron chi connectivity index (χ4n) is 4.78. The summed E-state index contributed by atoms with van der Waals surface area (Å²) >= 11 is 1.65. The quantitative estimate of drug-likeness (QED) is 0.359. The monoisotopic (exact) mass is 481 g/mol. The maximum absolute atomic E-state index is 12.9. The van der Waals surface area contributed by atoms with Crippen LogP contribution in [0.5, 0.6) is 0 Å². The average molecular weight is 482 g/mol. The molecule has 0 unspecified atom stereocenters. The van der Waals surface area contributed by atoms with Crippen molar-refractivity contribution >= 4 is 29.3 Å². The van der Waals surface area contributed by atoms with E-state index in [0.29, 0.717) is 25.3 Å². The van der Waals surface area contributed by atoms with Gasteiger partial charge in [0.05, 0.1) is 18.3 Å². The van der Waals surface area contributed by atoms with Crippen LogP contribution < -0.4 is 5.32 Å². The summed E-state index contributed by atoms with van der Waals surface area (Å²) in [5.74, 6) is -0.686. The van der Waals surface area contributed by atoms with Gasteiger partial charge in [-0.2, -0.15) is 5.26 Å². The zero-order valence-electron chi connectivity index (χ0n) is 20.0. The average Bonchev–Trinajstić information content (AvgIpc) is 3.53. The number of hydrogen-bond donors (Lipinski definition) is 1. The number of nitrogens with zero attached hydrogens (tertiary/aromatic N) is 2. The third-order valence-corrected chi connectivity index (χ3v) is 7.76. The summed E-state index contributed by atoms with van der Waals surface area (Å²) in [7, 11) is 0. The van der Waals surface area contributed by atoms with Gasteiger partial charge in [-0.05, 0) is 82.6 Å². The molecule has 0 saturated carbocycles. The zero-order chi connectivity index (χ0) is 24.2. The van der Waals surface area contributed by atoms with E-state index < -0.39 is 5.91 Å². The largest absolute Gasteiger partial charge is 0.462 e. The molecule has 3 heterocycles. The molecule has 2 aromatic rings. The molecule has 0 aromatic carbocycles. The molecule has 4 rings (SSSR count). The van der Waals surface area contributed by atoms with E-state index >= 15 is 0 Å². The van der Waals surface area contributed by atoms with E-state index in [1.165, 1.54) is 4.88 Å². The Bertz CT molecular complexity index is 1160. The molecule has 2 aromatic heterocycles. The van der Waals surface area contributed by atoms with E-state index in [4.69, 9.17) is 9.47 Å². The molecular weight excluding hydrogens is 450 g/mol. The minimum Gasteiger partial charge on any atom is -0.462 e. The number of thiophene rings is 1. The van der Waals surface area contributed by atoms with Gasteiger partial charge < -0.3 is 19.4 Å². The van der Waals surface area contributed by atoms with Crippen molar-refractivity contribution in [3.8, 4) is 11.1 Å². The minimum absolute atomic E-state index is 0.0140. The van der Waals surface area contributed by atoms with Crippen LogP contribution in [0, 0.1) is 25.2 Å². The van der Waals surface area contributed by atoms with Crippen LogP contribution in [-0.2, 0) is 27.1 Å². The minimum atomic E-state index is -0.401. The second kappa shape index (κ2) is 10.6. The lowest BCUT2D eigenvalue weighted by Gasteiger charge is -2.13. The molecule has 2 aliphatic rings. The fourth-order valence-corrected chi connectivity index (χ4v) is 6.27. The van der Waals surface area contributed by atoms with Gasteiger partial charge in [-0.1, -0.05) is 0 Å². The van der Waals surface area contributed by atoms with Gasteiger partial charge in [0.2, 0.25) is 0 Å². The van der Waals surface area contributed by atoms with Gasteiger partial charge in [0.25, 0.3) is 5.91 Å². The van der Waals surface area contributed by atoms with Gasteiger partial charge in [-0.25, -0.2) is 4.79 Å². The summed E-state index contributed by atoms with van der Waals surface area (Å²) in [4.78, 5) is 26.8. The highest BCUT2D eigenvalue weighted by Gasteiger charge is 2.29. The molecule has 1 aliphatic carbocycles. The summed E-state index contributed by atoms with van der Waals surface area (Å²) in [5.41, 5.74) is 4.41. The topological polar surface area (TPSA) is 93.4 Å². The number of ether oxygens (including phenoxy) is 2. The number of carbonyl (C=O) groups excluding carboxylic acids is 2. The van der Waals surface area contributed by atoms with Crippen molar-refractivity contribution in [1.29, 1.82) is 5.26 Å². The molecule has 1 amide bonds. The second-order valence-electron chi connectivity index (χ2n) is 8.79. The lowest BCUT2D eigenvalue weighted by atomic mass is 9.95. The number of nitrogens with one attached hydrogen (secondary N) is 1. The lowest BCUT2D eigenvalue weighted by molar-refractivity contribution is -0.117. The molecule has 1 N–H and O–H groups in total. The number of carbonyl (C=O) groups is 2. The Morgan fingerprint density at radius 1 is 1.32 bits per heavy atom. The van der Waals surface area contributed by atoms with Crippen molar-refractivity contribution < 1.29 is 19.1 Å². The van der Waals surface area contributed by atoms with Crippen molar-refractivity contribution in [3.05, 3.63) is 44.6 Å². The highest BCUT2D eigenvalue weighted by Crippen LogP contribution is 2.39. The van der Waals surface area contributed by atoms with Crippen LogP contribution in [0.4, 0.5) is 0 Å². The van der Waals surface area contributed by atoms with Gasteiger partial charge >= 0.3 is 5.97 Å². The van der Waals surface area contributed by atoms with E-state index in [1.54, 1.807) is 17.4 Å². The Hall–Kier alpha value is -2.89. The molecule has 7 nitrogen and oxygen atoms in total. The Kier molecular flexibility index (Phi) is 7.54. The molecule has 0 radical (unpaired) electrons. The molecule has 0 spiro atoms. The molecule has 0 bridgehead atoms. The van der Waals surface area contributed by atoms with Crippen LogP contribution in [0.2, 0.25) is 0 Å². The number of esters is 1. The van der Waals surface area contributed by atoms with Gasteiger partial charge in [0.1, 0.15) is 16.6 Å². The van der Waals surface area contributed by atoms with Crippen LogP contribution in [-0.4, -0.2) is 42.3 Å². The number of nitriles is 1. The molecule has 1 atom stereocenters. The highest BCUT2D eigenvalue weighted by molar-refractivity contribution is 7.15. The van der Waals surface area contributed by atoms with Crippen molar-refractivity contribution in [2.45, 2.75) is 65.4 Å². The van der Waals surface area contributed by atoms with Crippen molar-refractivity contribution in [2.24, 2.45) is 0 Å². The van der Waals surface area contributed by atoms with E-state index in [9.17, 15) is 14.9 Å². The highest BCUT2D eigenvalue weighted by atomic mass is 32.1. The maximum atomic E-state index is 12.9. The van der Waals surface area contributed by atoms with Gasteiger partial charge in [-0.15, -0.1) is 11.3 Å². The van der Waals surface area contributed by atoms with E-state index in [2.05, 4.69) is 9.88 Å². The van der Waals surface area contributed by atoms with Crippen LogP contribution in [0.25, 0.3) is 11.1 Å². The second-order valence-corrected chi connectivity index (χ2v) is 9.87. The maximum Gasteiger partial charge on any atom is 0.341 e. The van der Waals surface area contributed by atoms with Crippen molar-refractivity contribution in [3.63, 3.8) is 0 Å². The van der Waals surface area contributed by atoms with E-state index in [-0.39, 0.29) is 17.6 Å². The number of rotatable bonds is 7. The first-order chi connectivity index (χ1) is 16.4.